The Labute approximate surface area is 170 Å². The number of aryl methyl sites for hydroxylation is 1. The van der Waals surface area contributed by atoms with Crippen LogP contribution in [0.1, 0.15) is 41.9 Å². The summed E-state index contributed by atoms with van der Waals surface area (Å²) in [5.74, 6) is 1.40. The lowest BCUT2D eigenvalue weighted by molar-refractivity contribution is -0.117. The fraction of sp³-hybridized carbons (Fsp3) is 0.333. The molecule has 4 rings (SSSR count). The third-order valence-corrected chi connectivity index (χ3v) is 5.67. The van der Waals surface area contributed by atoms with Crippen molar-refractivity contribution in [3.63, 3.8) is 0 Å². The fourth-order valence-electron chi connectivity index (χ4n) is 3.79. The van der Waals surface area contributed by atoms with Gasteiger partial charge in [0.25, 0.3) is 5.91 Å². The second kappa shape index (κ2) is 7.74. The highest BCUT2D eigenvalue weighted by atomic mass is 16.3. The Hall–Kier alpha value is -3.08. The smallest absolute Gasteiger partial charge is 0.253 e. The normalized spacial score (nSPS) is 17.9. The molecule has 29 heavy (non-hydrogen) atoms. The van der Waals surface area contributed by atoms with Gasteiger partial charge < -0.3 is 14.6 Å². The number of nitrogens with one attached hydrogen (secondary N) is 1. The van der Waals surface area contributed by atoms with Crippen LogP contribution in [0.5, 0.6) is 0 Å². The van der Waals surface area contributed by atoms with Crippen molar-refractivity contribution < 1.29 is 14.0 Å². The summed E-state index contributed by atoms with van der Waals surface area (Å²) in [6, 6.07) is 15.1. The molecule has 150 valence electrons. The number of rotatable bonds is 6. The molecule has 5 heteroatoms. The Balaban J connectivity index is 1.51. The summed E-state index contributed by atoms with van der Waals surface area (Å²) >= 11 is 0. The van der Waals surface area contributed by atoms with Crippen molar-refractivity contribution in [3.05, 3.63) is 65.4 Å². The van der Waals surface area contributed by atoms with Gasteiger partial charge in [0.15, 0.2) is 0 Å². The van der Waals surface area contributed by atoms with E-state index < -0.39 is 0 Å². The van der Waals surface area contributed by atoms with Gasteiger partial charge >= 0.3 is 0 Å². The zero-order valence-electron chi connectivity index (χ0n) is 17.1. The summed E-state index contributed by atoms with van der Waals surface area (Å²) in [7, 11) is 1.79. The summed E-state index contributed by atoms with van der Waals surface area (Å²) < 4.78 is 5.95. The molecule has 5 nitrogen and oxygen atoms in total. The Morgan fingerprint density at radius 3 is 2.66 bits per heavy atom. The molecule has 0 spiro atoms. The van der Waals surface area contributed by atoms with Gasteiger partial charge in [0.05, 0.1) is 0 Å². The van der Waals surface area contributed by atoms with Crippen molar-refractivity contribution in [1.29, 1.82) is 0 Å². The standard InChI is InChI=1S/C24H26N2O3/c1-4-21-20(18-10-5-6-11-22(18)29-21)14-26(3)24(28)16-8-7-9-17(13-16)25-23(27)19-12-15(19)2/h5-11,13,15,19H,4,12,14H2,1-3H3,(H,25,27). The molecule has 1 aliphatic carbocycles. The largest absolute Gasteiger partial charge is 0.461 e. The second-order valence-corrected chi connectivity index (χ2v) is 7.90. The minimum atomic E-state index is -0.0896. The van der Waals surface area contributed by atoms with Crippen LogP contribution in [0.25, 0.3) is 11.0 Å². The molecule has 2 atom stereocenters. The van der Waals surface area contributed by atoms with Crippen LogP contribution in [0.2, 0.25) is 0 Å². The number of amides is 2. The number of para-hydroxylation sites is 1. The first-order valence-corrected chi connectivity index (χ1v) is 10.1. The summed E-state index contributed by atoms with van der Waals surface area (Å²) in [5.41, 5.74) is 3.11. The maximum absolute atomic E-state index is 13.0. The Morgan fingerprint density at radius 2 is 1.93 bits per heavy atom. The lowest BCUT2D eigenvalue weighted by atomic mass is 10.1. The van der Waals surface area contributed by atoms with E-state index in [1.165, 1.54) is 0 Å². The molecule has 0 aliphatic heterocycles. The first-order valence-electron chi connectivity index (χ1n) is 10.1. The summed E-state index contributed by atoms with van der Waals surface area (Å²) in [6.45, 7) is 4.59. The molecule has 0 radical (unpaired) electrons. The van der Waals surface area contributed by atoms with Gasteiger partial charge in [0.1, 0.15) is 11.3 Å². The highest BCUT2D eigenvalue weighted by Gasteiger charge is 2.39. The molecule has 3 aromatic rings. The van der Waals surface area contributed by atoms with Gasteiger partial charge in [-0.25, -0.2) is 0 Å². The monoisotopic (exact) mass is 390 g/mol. The maximum atomic E-state index is 13.0. The molecule has 1 heterocycles. The average molecular weight is 390 g/mol. The van der Waals surface area contributed by atoms with Crippen molar-refractivity contribution >= 4 is 28.5 Å². The van der Waals surface area contributed by atoms with Crippen LogP contribution in [-0.4, -0.2) is 23.8 Å². The van der Waals surface area contributed by atoms with Gasteiger partial charge in [-0.3, -0.25) is 9.59 Å². The van der Waals surface area contributed by atoms with Crippen LogP contribution >= 0.6 is 0 Å². The lowest BCUT2D eigenvalue weighted by Gasteiger charge is -2.18. The van der Waals surface area contributed by atoms with Crippen molar-refractivity contribution in [2.24, 2.45) is 11.8 Å². The Morgan fingerprint density at radius 1 is 1.17 bits per heavy atom. The number of furan rings is 1. The van der Waals surface area contributed by atoms with E-state index in [1.807, 2.05) is 30.3 Å². The van der Waals surface area contributed by atoms with E-state index in [2.05, 4.69) is 19.2 Å². The molecule has 2 aromatic carbocycles. The zero-order valence-corrected chi connectivity index (χ0v) is 17.1. The number of hydrogen-bond donors (Lipinski definition) is 1. The fourth-order valence-corrected chi connectivity index (χ4v) is 3.79. The van der Waals surface area contributed by atoms with E-state index in [4.69, 9.17) is 4.42 Å². The van der Waals surface area contributed by atoms with Crippen molar-refractivity contribution in [2.45, 2.75) is 33.2 Å². The van der Waals surface area contributed by atoms with Gasteiger partial charge in [-0.15, -0.1) is 0 Å². The van der Waals surface area contributed by atoms with E-state index in [9.17, 15) is 9.59 Å². The maximum Gasteiger partial charge on any atom is 0.253 e. The number of hydrogen-bond acceptors (Lipinski definition) is 3. The van der Waals surface area contributed by atoms with Crippen LogP contribution in [-0.2, 0) is 17.8 Å². The van der Waals surface area contributed by atoms with Crippen LogP contribution < -0.4 is 5.32 Å². The minimum absolute atomic E-state index is 0.0351. The molecule has 1 N–H and O–H groups in total. The van der Waals surface area contributed by atoms with E-state index in [0.717, 1.165) is 35.1 Å². The van der Waals surface area contributed by atoms with Crippen LogP contribution in [0, 0.1) is 11.8 Å². The number of nitrogens with zero attached hydrogens (tertiary/aromatic N) is 1. The van der Waals surface area contributed by atoms with E-state index in [-0.39, 0.29) is 17.7 Å². The molecule has 0 saturated heterocycles. The van der Waals surface area contributed by atoms with Crippen molar-refractivity contribution in [1.82, 2.24) is 4.90 Å². The molecule has 0 bridgehead atoms. The quantitative estimate of drug-likeness (QED) is 0.654. The molecule has 2 amide bonds. The molecule has 1 fully saturated rings. The van der Waals surface area contributed by atoms with Crippen molar-refractivity contribution in [3.8, 4) is 0 Å². The SMILES string of the molecule is CCc1oc2ccccc2c1CN(C)C(=O)c1cccc(NC(=O)C2CC2C)c1. The van der Waals surface area contributed by atoms with Gasteiger partial charge in [0.2, 0.25) is 5.91 Å². The minimum Gasteiger partial charge on any atom is -0.461 e. The van der Waals surface area contributed by atoms with E-state index >= 15 is 0 Å². The van der Waals surface area contributed by atoms with Crippen LogP contribution in [0.15, 0.2) is 52.9 Å². The zero-order chi connectivity index (χ0) is 20.5. The van der Waals surface area contributed by atoms with E-state index in [1.54, 1.807) is 30.1 Å². The second-order valence-electron chi connectivity index (χ2n) is 7.90. The lowest BCUT2D eigenvalue weighted by Crippen LogP contribution is -2.26. The summed E-state index contributed by atoms with van der Waals surface area (Å²) in [5, 5.41) is 3.98. The third-order valence-electron chi connectivity index (χ3n) is 5.67. The van der Waals surface area contributed by atoms with Gasteiger partial charge in [-0.2, -0.15) is 0 Å². The number of fused-ring (bicyclic) bond motifs is 1. The van der Waals surface area contributed by atoms with Crippen molar-refractivity contribution in [2.75, 3.05) is 12.4 Å². The summed E-state index contributed by atoms with van der Waals surface area (Å²) in [6.07, 6.45) is 1.71. The van der Waals surface area contributed by atoms with Gasteiger partial charge in [-0.05, 0) is 36.6 Å². The number of benzene rings is 2. The first-order chi connectivity index (χ1) is 14.0. The Kier molecular flexibility index (Phi) is 5.14. The Bertz CT molecular complexity index is 1070. The first kappa shape index (κ1) is 19.2. The number of anilines is 1. The number of carbonyl (C=O) groups excluding carboxylic acids is 2. The molecule has 1 aromatic heterocycles. The predicted molar refractivity (Wildman–Crippen MR) is 114 cm³/mol. The number of carbonyl (C=O) groups is 2. The molecular weight excluding hydrogens is 364 g/mol. The highest BCUT2D eigenvalue weighted by Crippen LogP contribution is 2.38. The van der Waals surface area contributed by atoms with Crippen LogP contribution in [0.4, 0.5) is 5.69 Å². The highest BCUT2D eigenvalue weighted by molar-refractivity contribution is 5.98. The molecule has 2 unspecified atom stereocenters. The summed E-state index contributed by atoms with van der Waals surface area (Å²) in [4.78, 5) is 26.9. The van der Waals surface area contributed by atoms with Gasteiger partial charge in [0, 0.05) is 48.1 Å². The molecular formula is C24H26N2O3. The topological polar surface area (TPSA) is 62.6 Å². The predicted octanol–water partition coefficient (Wildman–Crippen LogP) is 4.86. The van der Waals surface area contributed by atoms with Gasteiger partial charge in [-0.1, -0.05) is 38.1 Å². The third kappa shape index (κ3) is 3.90. The molecule has 1 aliphatic rings. The molecule has 1 saturated carbocycles. The van der Waals surface area contributed by atoms with Crippen LogP contribution in [0.3, 0.4) is 0 Å². The average Bonchev–Trinajstić information content (AvgIpc) is 3.36. The van der Waals surface area contributed by atoms with E-state index in [0.29, 0.717) is 23.7 Å².